The number of hydrogen-bond donors (Lipinski definition) is 4. The first-order valence-corrected chi connectivity index (χ1v) is 23.8. The first kappa shape index (κ1) is 50.7. The van der Waals surface area contributed by atoms with Gasteiger partial charge < -0.3 is 77.3 Å². The van der Waals surface area contributed by atoms with Crippen LogP contribution in [0.25, 0.3) is 0 Å². The van der Waals surface area contributed by atoms with Crippen molar-refractivity contribution in [2.24, 2.45) is 29.6 Å². The summed E-state index contributed by atoms with van der Waals surface area (Å²) >= 11 is 0. The Morgan fingerprint density at radius 1 is 0.766 bits per heavy atom. The van der Waals surface area contributed by atoms with Crippen LogP contribution in [0.3, 0.4) is 0 Å². The average molecular weight is 917 g/mol. The number of aliphatic carboxylic acids is 1. The van der Waals surface area contributed by atoms with Gasteiger partial charge >= 0.3 is 5.97 Å². The van der Waals surface area contributed by atoms with Crippen molar-refractivity contribution in [1.82, 2.24) is 0 Å². The zero-order valence-electron chi connectivity index (χ0n) is 40.4. The quantitative estimate of drug-likeness (QED) is 0.203. The highest BCUT2D eigenvalue weighted by molar-refractivity contribution is 5.68. The monoisotopic (exact) mass is 917 g/mol. The Kier molecular flexibility index (Phi) is 15.1. The van der Waals surface area contributed by atoms with Gasteiger partial charge in [-0.2, -0.15) is 0 Å². The first-order chi connectivity index (χ1) is 30.0. The van der Waals surface area contributed by atoms with Crippen molar-refractivity contribution in [3.05, 3.63) is 0 Å². The molecule has 1 spiro atoms. The van der Waals surface area contributed by atoms with E-state index in [2.05, 4.69) is 13.8 Å². The molecule has 4 N–H and O–H groups in total. The Hall–Kier alpha value is -1.13. The summed E-state index contributed by atoms with van der Waals surface area (Å²) in [7, 11) is 6.37. The van der Waals surface area contributed by atoms with Crippen molar-refractivity contribution in [1.29, 1.82) is 0 Å². The van der Waals surface area contributed by atoms with Crippen LogP contribution in [0, 0.1) is 29.6 Å². The SMILES string of the molecule is COC1CC(OC2CC(C3O[C@](C)(O)[C@H](C)C[C@@H]3C)O[C@H]2[C@]2(C)CC[C@H]([C@]3(C)CC[C@]4(C[C@H](O)[C@@H](C)C([C@@H](C)C5O[C@](O)(CC(=O)O)[C@@H](C)[C@H](OC)[C@H]5OC)O4)O3)O2)OC(C)[C@@H]1OC. The Morgan fingerprint density at radius 2 is 1.45 bits per heavy atom. The van der Waals surface area contributed by atoms with Gasteiger partial charge in [0.05, 0.1) is 78.7 Å². The predicted molar refractivity (Wildman–Crippen MR) is 228 cm³/mol. The fourth-order valence-corrected chi connectivity index (χ4v) is 12.7. The van der Waals surface area contributed by atoms with Crippen molar-refractivity contribution in [3.63, 3.8) is 0 Å². The molecule has 0 radical (unpaired) electrons. The first-order valence-electron chi connectivity index (χ1n) is 23.8. The van der Waals surface area contributed by atoms with Crippen LogP contribution in [0.1, 0.15) is 120 Å². The lowest BCUT2D eigenvalue weighted by atomic mass is 9.75. The molecular formula is C47H80O17. The molecule has 0 saturated carbocycles. The van der Waals surface area contributed by atoms with E-state index in [9.17, 15) is 25.2 Å². The summed E-state index contributed by atoms with van der Waals surface area (Å²) in [4.78, 5) is 11.9. The van der Waals surface area contributed by atoms with Gasteiger partial charge in [-0.25, -0.2) is 0 Å². The van der Waals surface area contributed by atoms with E-state index in [0.29, 0.717) is 38.5 Å². The molecule has 7 rings (SSSR count). The van der Waals surface area contributed by atoms with E-state index >= 15 is 0 Å². The molecule has 7 aliphatic rings. The molecule has 24 atom stereocenters. The van der Waals surface area contributed by atoms with Crippen molar-refractivity contribution in [2.75, 3.05) is 28.4 Å². The predicted octanol–water partition coefficient (Wildman–Crippen LogP) is 4.32. The van der Waals surface area contributed by atoms with Crippen LogP contribution in [-0.2, 0) is 61.6 Å². The summed E-state index contributed by atoms with van der Waals surface area (Å²) in [5.41, 5.74) is -1.60. The Bertz CT molecular complexity index is 1600. The number of carboxylic acids is 1. The molecule has 17 heteroatoms. The van der Waals surface area contributed by atoms with E-state index in [-0.39, 0.29) is 60.8 Å². The molecule has 0 aromatic carbocycles. The largest absolute Gasteiger partial charge is 0.481 e. The zero-order chi connectivity index (χ0) is 46.9. The smallest absolute Gasteiger partial charge is 0.308 e. The van der Waals surface area contributed by atoms with Crippen LogP contribution in [0.15, 0.2) is 0 Å². The number of aliphatic hydroxyl groups is 3. The zero-order valence-corrected chi connectivity index (χ0v) is 40.4. The highest BCUT2D eigenvalue weighted by atomic mass is 16.7. The molecule has 0 amide bonds. The molecule has 7 fully saturated rings. The fourth-order valence-electron chi connectivity index (χ4n) is 12.7. The van der Waals surface area contributed by atoms with Gasteiger partial charge in [0.15, 0.2) is 23.7 Å². The molecule has 0 bridgehead atoms. The van der Waals surface area contributed by atoms with Crippen molar-refractivity contribution < 1.29 is 82.1 Å². The molecule has 8 unspecified atom stereocenters. The van der Waals surface area contributed by atoms with Crippen molar-refractivity contribution in [3.8, 4) is 0 Å². The standard InChI is InChI=1S/C47H80O17/c1-23-18-24(2)45(9,51)61-36(23)31-19-32(58-35-20-30(53-10)40(55-12)28(6)57-35)42(59-31)44(8)15-14-33(60-44)43(7)16-17-46(64-43)21-29(48)25(3)37(62-46)26(4)38-41(56-13)39(54-11)27(5)47(52,63-38)22-34(49)50/h23-33,35-42,48,51-52H,14-22H2,1-13H3,(H,49,50)/t23-,24+,25+,26+,27-,28?,29-,30?,31?,32?,33+,35?,36?,37?,38?,39-,40-,41-,42+,43-,44-,45-,46+,47+/m0/s1. The van der Waals surface area contributed by atoms with E-state index in [0.717, 1.165) is 6.42 Å². The summed E-state index contributed by atoms with van der Waals surface area (Å²) in [5.74, 6) is -7.18. The highest BCUT2D eigenvalue weighted by Crippen LogP contribution is 2.55. The number of carbonyl (C=O) groups is 1. The van der Waals surface area contributed by atoms with Gasteiger partial charge in [-0.05, 0) is 59.3 Å². The molecule has 17 nitrogen and oxygen atoms in total. The van der Waals surface area contributed by atoms with Crippen molar-refractivity contribution in [2.45, 2.75) is 234 Å². The summed E-state index contributed by atoms with van der Waals surface area (Å²) in [5, 5.41) is 44.3. The van der Waals surface area contributed by atoms with E-state index in [1.165, 1.54) is 14.2 Å². The summed E-state index contributed by atoms with van der Waals surface area (Å²) < 4.78 is 77.6. The van der Waals surface area contributed by atoms with Gasteiger partial charge in [0, 0.05) is 77.8 Å². The van der Waals surface area contributed by atoms with E-state index in [4.69, 9.17) is 56.8 Å². The maximum atomic E-state index is 11.9. The third-order valence-corrected chi connectivity index (χ3v) is 16.8. The summed E-state index contributed by atoms with van der Waals surface area (Å²) in [6.45, 7) is 17.5. The van der Waals surface area contributed by atoms with Crippen LogP contribution in [0.5, 0.6) is 0 Å². The maximum Gasteiger partial charge on any atom is 0.308 e. The number of hydrogen-bond acceptors (Lipinski definition) is 16. The van der Waals surface area contributed by atoms with Crippen LogP contribution in [0.4, 0.5) is 0 Å². The summed E-state index contributed by atoms with van der Waals surface area (Å²) in [6.07, 6.45) is -3.18. The topological polar surface area (TPSA) is 209 Å². The van der Waals surface area contributed by atoms with E-state index < -0.39 is 102 Å². The van der Waals surface area contributed by atoms with E-state index in [1.807, 2.05) is 34.6 Å². The molecule has 370 valence electrons. The third-order valence-electron chi connectivity index (χ3n) is 16.8. The second-order valence-electron chi connectivity index (χ2n) is 21.3. The fraction of sp³-hybridized carbons (Fsp3) is 0.979. The lowest BCUT2D eigenvalue weighted by Gasteiger charge is -2.53. The lowest BCUT2D eigenvalue weighted by molar-refractivity contribution is -0.365. The minimum atomic E-state index is -2.03. The van der Waals surface area contributed by atoms with Gasteiger partial charge in [0.1, 0.15) is 18.3 Å². The highest BCUT2D eigenvalue weighted by Gasteiger charge is 2.64. The normalized spacial score (nSPS) is 54.1. The van der Waals surface area contributed by atoms with Crippen LogP contribution < -0.4 is 0 Å². The lowest BCUT2D eigenvalue weighted by Crippen LogP contribution is -2.65. The molecule has 0 aromatic rings. The Morgan fingerprint density at radius 3 is 2.09 bits per heavy atom. The van der Waals surface area contributed by atoms with Gasteiger partial charge in [-0.3, -0.25) is 4.79 Å². The number of rotatable bonds is 13. The van der Waals surface area contributed by atoms with Crippen molar-refractivity contribution >= 4 is 5.97 Å². The Labute approximate surface area is 379 Å². The summed E-state index contributed by atoms with van der Waals surface area (Å²) in [6, 6.07) is 0. The van der Waals surface area contributed by atoms with E-state index in [1.54, 1.807) is 28.1 Å². The number of carboxylic acid groups (broad SMARTS) is 1. The number of aliphatic hydroxyl groups excluding tert-OH is 1. The van der Waals surface area contributed by atoms with Gasteiger partial charge in [0.2, 0.25) is 0 Å². The van der Waals surface area contributed by atoms with Crippen LogP contribution >= 0.6 is 0 Å². The minimum Gasteiger partial charge on any atom is -0.481 e. The Balaban J connectivity index is 1.09. The number of ether oxygens (including phenoxy) is 12. The maximum absolute atomic E-state index is 11.9. The minimum absolute atomic E-state index is 0.0406. The van der Waals surface area contributed by atoms with Gasteiger partial charge in [-0.15, -0.1) is 0 Å². The third kappa shape index (κ3) is 9.46. The molecule has 7 heterocycles. The molecule has 0 aromatic heterocycles. The second-order valence-corrected chi connectivity index (χ2v) is 21.3. The molecule has 64 heavy (non-hydrogen) atoms. The van der Waals surface area contributed by atoms with Gasteiger partial charge in [0.25, 0.3) is 0 Å². The molecule has 7 aliphatic heterocycles. The van der Waals surface area contributed by atoms with Crippen LogP contribution in [-0.4, -0.2) is 169 Å². The second kappa shape index (κ2) is 19.0. The number of methoxy groups -OCH3 is 4. The molecule has 0 aliphatic carbocycles. The molecular weight excluding hydrogens is 837 g/mol. The van der Waals surface area contributed by atoms with Gasteiger partial charge in [-0.1, -0.05) is 34.6 Å². The van der Waals surface area contributed by atoms with Crippen LogP contribution in [0.2, 0.25) is 0 Å². The molecule has 7 saturated heterocycles. The average Bonchev–Trinajstić information content (AvgIpc) is 3.94.